The summed E-state index contributed by atoms with van der Waals surface area (Å²) in [6, 6.07) is 3.08. The molecule has 120 valence electrons. The van der Waals surface area contributed by atoms with Crippen molar-refractivity contribution >= 4 is 6.03 Å². The van der Waals surface area contributed by atoms with Gasteiger partial charge in [0.05, 0.1) is 12.8 Å². The van der Waals surface area contributed by atoms with E-state index in [0.29, 0.717) is 5.76 Å². The Kier molecular flexibility index (Phi) is 6.23. The average Bonchev–Trinajstić information content (AvgIpc) is 2.88. The molecule has 1 heterocycles. The zero-order valence-electron chi connectivity index (χ0n) is 13.5. The lowest BCUT2D eigenvalue weighted by molar-refractivity contribution is 0.144. The number of carbonyl (C=O) groups is 1. The van der Waals surface area contributed by atoms with Gasteiger partial charge in [-0.3, -0.25) is 0 Å². The first-order valence-corrected chi connectivity index (χ1v) is 7.13. The van der Waals surface area contributed by atoms with Crippen LogP contribution in [0.5, 0.6) is 0 Å². The van der Waals surface area contributed by atoms with Gasteiger partial charge in [0.15, 0.2) is 0 Å². The van der Waals surface area contributed by atoms with Crippen LogP contribution in [0.2, 0.25) is 0 Å². The zero-order chi connectivity index (χ0) is 16.0. The highest BCUT2D eigenvalue weighted by Gasteiger charge is 2.27. The number of aliphatic hydroxyl groups excluding tert-OH is 1. The molecule has 0 radical (unpaired) electrons. The van der Waals surface area contributed by atoms with Gasteiger partial charge < -0.3 is 25.1 Å². The molecule has 0 bridgehead atoms. The number of hydrogen-bond donors (Lipinski definition) is 3. The molecule has 0 aliphatic carbocycles. The highest BCUT2D eigenvalue weighted by molar-refractivity contribution is 5.74. The lowest BCUT2D eigenvalue weighted by Gasteiger charge is -2.34. The van der Waals surface area contributed by atoms with E-state index in [0.717, 1.165) is 6.54 Å². The maximum absolute atomic E-state index is 11.9. The van der Waals surface area contributed by atoms with E-state index < -0.39 is 6.10 Å². The number of hydrogen-bond acceptors (Lipinski definition) is 4. The SMILES string of the molecule is CC(NC(=O)NCC(O)c1ccco1)C(C)(C)CN(C)C. The molecule has 2 unspecified atom stereocenters. The van der Waals surface area contributed by atoms with Gasteiger partial charge in [-0.05, 0) is 38.6 Å². The molecule has 6 nitrogen and oxygen atoms in total. The summed E-state index contributed by atoms with van der Waals surface area (Å²) >= 11 is 0. The Morgan fingerprint density at radius 2 is 2.14 bits per heavy atom. The van der Waals surface area contributed by atoms with Crippen LogP contribution in [0.15, 0.2) is 22.8 Å². The fourth-order valence-corrected chi connectivity index (χ4v) is 2.17. The highest BCUT2D eigenvalue weighted by Crippen LogP contribution is 2.21. The highest BCUT2D eigenvalue weighted by atomic mass is 16.4. The van der Waals surface area contributed by atoms with Gasteiger partial charge in [0.2, 0.25) is 0 Å². The molecule has 2 atom stereocenters. The zero-order valence-corrected chi connectivity index (χ0v) is 13.5. The Hall–Kier alpha value is -1.53. The summed E-state index contributed by atoms with van der Waals surface area (Å²) in [6.45, 7) is 7.17. The molecule has 21 heavy (non-hydrogen) atoms. The standard InChI is InChI=1S/C15H27N3O3/c1-11(15(2,3)10-18(4)5)17-14(20)16-9-12(19)13-7-6-8-21-13/h6-8,11-12,19H,9-10H2,1-5H3,(H2,16,17,20). The fraction of sp³-hybridized carbons (Fsp3) is 0.667. The Morgan fingerprint density at radius 1 is 1.48 bits per heavy atom. The minimum Gasteiger partial charge on any atom is -0.467 e. The fourth-order valence-electron chi connectivity index (χ4n) is 2.17. The number of amides is 2. The van der Waals surface area contributed by atoms with Gasteiger partial charge >= 0.3 is 6.03 Å². The Balaban J connectivity index is 2.39. The van der Waals surface area contributed by atoms with Crippen molar-refractivity contribution in [3.8, 4) is 0 Å². The molecule has 1 rings (SSSR count). The second kappa shape index (κ2) is 7.47. The molecule has 6 heteroatoms. The molecule has 2 amide bonds. The van der Waals surface area contributed by atoms with Gasteiger partial charge in [-0.25, -0.2) is 4.79 Å². The number of carbonyl (C=O) groups excluding carboxylic acids is 1. The van der Waals surface area contributed by atoms with Crippen LogP contribution in [0.1, 0.15) is 32.6 Å². The largest absolute Gasteiger partial charge is 0.467 e. The summed E-state index contributed by atoms with van der Waals surface area (Å²) in [7, 11) is 4.02. The molecule has 1 aromatic heterocycles. The van der Waals surface area contributed by atoms with Crippen LogP contribution in [0.3, 0.4) is 0 Å². The molecule has 1 aromatic rings. The summed E-state index contributed by atoms with van der Waals surface area (Å²) in [5.74, 6) is 0.441. The van der Waals surface area contributed by atoms with Crippen molar-refractivity contribution in [3.63, 3.8) is 0 Å². The quantitative estimate of drug-likeness (QED) is 0.714. The van der Waals surface area contributed by atoms with Crippen LogP contribution < -0.4 is 10.6 Å². The number of aliphatic hydroxyl groups is 1. The van der Waals surface area contributed by atoms with Crippen LogP contribution in [-0.2, 0) is 0 Å². The second-order valence-electron chi connectivity index (χ2n) is 6.33. The van der Waals surface area contributed by atoms with E-state index in [1.54, 1.807) is 12.1 Å². The summed E-state index contributed by atoms with van der Waals surface area (Å²) in [5.41, 5.74) is -0.0551. The Morgan fingerprint density at radius 3 is 2.67 bits per heavy atom. The van der Waals surface area contributed by atoms with E-state index in [2.05, 4.69) is 29.4 Å². The third kappa shape index (κ3) is 5.77. The molecule has 0 saturated heterocycles. The number of rotatable bonds is 7. The molecular weight excluding hydrogens is 270 g/mol. The molecular formula is C15H27N3O3. The summed E-state index contributed by atoms with van der Waals surface area (Å²) in [5, 5.41) is 15.4. The van der Waals surface area contributed by atoms with Crippen molar-refractivity contribution in [1.82, 2.24) is 15.5 Å². The van der Waals surface area contributed by atoms with Crippen LogP contribution in [-0.4, -0.2) is 49.3 Å². The van der Waals surface area contributed by atoms with Crippen molar-refractivity contribution in [2.45, 2.75) is 32.9 Å². The first-order chi connectivity index (χ1) is 9.72. The van der Waals surface area contributed by atoms with Crippen molar-refractivity contribution < 1.29 is 14.3 Å². The predicted molar refractivity (Wildman–Crippen MR) is 82.0 cm³/mol. The maximum Gasteiger partial charge on any atom is 0.315 e. The lowest BCUT2D eigenvalue weighted by Crippen LogP contribution is -2.50. The van der Waals surface area contributed by atoms with E-state index >= 15 is 0 Å². The first kappa shape index (κ1) is 17.5. The summed E-state index contributed by atoms with van der Waals surface area (Å²) in [6.07, 6.45) is 0.653. The number of nitrogens with one attached hydrogen (secondary N) is 2. The number of furan rings is 1. The predicted octanol–water partition coefficient (Wildman–Crippen LogP) is 1.59. The van der Waals surface area contributed by atoms with Crippen molar-refractivity contribution in [1.29, 1.82) is 0 Å². The van der Waals surface area contributed by atoms with Gasteiger partial charge in [0, 0.05) is 12.6 Å². The van der Waals surface area contributed by atoms with Gasteiger partial charge in [-0.1, -0.05) is 13.8 Å². The van der Waals surface area contributed by atoms with E-state index in [1.165, 1.54) is 6.26 Å². The van der Waals surface area contributed by atoms with E-state index in [9.17, 15) is 9.90 Å². The Bertz CT molecular complexity index is 429. The van der Waals surface area contributed by atoms with E-state index in [1.807, 2.05) is 21.0 Å². The molecule has 0 aliphatic rings. The summed E-state index contributed by atoms with van der Waals surface area (Å²) in [4.78, 5) is 14.0. The van der Waals surface area contributed by atoms with Gasteiger partial charge in [0.25, 0.3) is 0 Å². The third-order valence-electron chi connectivity index (χ3n) is 3.57. The van der Waals surface area contributed by atoms with E-state index in [4.69, 9.17) is 4.42 Å². The summed E-state index contributed by atoms with van der Waals surface area (Å²) < 4.78 is 5.08. The molecule has 0 spiro atoms. The van der Waals surface area contributed by atoms with Crippen LogP contribution in [0, 0.1) is 5.41 Å². The minimum atomic E-state index is -0.837. The van der Waals surface area contributed by atoms with Gasteiger partial charge in [-0.2, -0.15) is 0 Å². The third-order valence-corrected chi connectivity index (χ3v) is 3.57. The van der Waals surface area contributed by atoms with Crippen LogP contribution in [0.4, 0.5) is 4.79 Å². The number of urea groups is 1. The van der Waals surface area contributed by atoms with Crippen LogP contribution in [0.25, 0.3) is 0 Å². The normalized spacial score (nSPS) is 14.8. The smallest absolute Gasteiger partial charge is 0.315 e. The second-order valence-corrected chi connectivity index (χ2v) is 6.33. The van der Waals surface area contributed by atoms with Crippen molar-refractivity contribution in [2.24, 2.45) is 5.41 Å². The lowest BCUT2D eigenvalue weighted by atomic mass is 9.85. The van der Waals surface area contributed by atoms with Crippen LogP contribution >= 0.6 is 0 Å². The molecule has 0 saturated carbocycles. The van der Waals surface area contributed by atoms with Gasteiger partial charge in [-0.15, -0.1) is 0 Å². The number of nitrogens with zero attached hydrogens (tertiary/aromatic N) is 1. The Labute approximate surface area is 126 Å². The first-order valence-electron chi connectivity index (χ1n) is 7.13. The molecule has 0 fully saturated rings. The molecule has 0 aromatic carbocycles. The minimum absolute atomic E-state index is 0.000607. The molecule has 3 N–H and O–H groups in total. The van der Waals surface area contributed by atoms with E-state index in [-0.39, 0.29) is 24.0 Å². The van der Waals surface area contributed by atoms with Crippen molar-refractivity contribution in [2.75, 3.05) is 27.2 Å². The molecule has 0 aliphatic heterocycles. The van der Waals surface area contributed by atoms with Crippen molar-refractivity contribution in [3.05, 3.63) is 24.2 Å². The average molecular weight is 297 g/mol. The van der Waals surface area contributed by atoms with Gasteiger partial charge in [0.1, 0.15) is 11.9 Å². The monoisotopic (exact) mass is 297 g/mol. The topological polar surface area (TPSA) is 77.7 Å². The maximum atomic E-state index is 11.9.